The van der Waals surface area contributed by atoms with E-state index in [1.54, 1.807) is 25.1 Å². The standard InChI is InChI=1S/C24H28F3N5O3S/c1-2-36(34)32-18-11-10-16(12-19(18)35-14-15-6-3-4-7-15)22(28)17(13-33)23(29)31-21-9-5-8-20(30-21)24(25,26)27/h5,8-13,15,32H,2-4,6-7,14,28H2,1H3,(H2,29,30,31). The number of aldehydes is 1. The lowest BCUT2D eigenvalue weighted by atomic mass is 10.1. The van der Waals surface area contributed by atoms with Crippen LogP contribution in [0.15, 0.2) is 47.0 Å². The monoisotopic (exact) mass is 523 g/mol. The van der Waals surface area contributed by atoms with Crippen molar-refractivity contribution in [3.8, 4) is 5.75 Å². The number of aliphatic imine (C=N–C) groups is 1. The molecule has 1 fully saturated rings. The van der Waals surface area contributed by atoms with E-state index in [1.807, 2.05) is 0 Å². The number of benzene rings is 1. The summed E-state index contributed by atoms with van der Waals surface area (Å²) >= 11 is -1.32. The Balaban J connectivity index is 1.94. The topological polar surface area (TPSA) is 139 Å². The first-order valence-electron chi connectivity index (χ1n) is 11.4. The van der Waals surface area contributed by atoms with Crippen molar-refractivity contribution in [2.75, 3.05) is 17.1 Å². The zero-order valence-electron chi connectivity index (χ0n) is 19.7. The van der Waals surface area contributed by atoms with Gasteiger partial charge in [-0.1, -0.05) is 25.0 Å². The molecule has 5 N–H and O–H groups in total. The molecule has 12 heteroatoms. The summed E-state index contributed by atoms with van der Waals surface area (Å²) in [7, 11) is 0. The van der Waals surface area contributed by atoms with E-state index in [2.05, 4.69) is 14.7 Å². The molecule has 1 aliphatic carbocycles. The van der Waals surface area contributed by atoms with Gasteiger partial charge in [0.25, 0.3) is 0 Å². The number of rotatable bonds is 10. The van der Waals surface area contributed by atoms with Crippen molar-refractivity contribution in [2.45, 2.75) is 38.8 Å². The maximum atomic E-state index is 12.9. The molecule has 1 aromatic carbocycles. The first-order chi connectivity index (χ1) is 17.1. The fourth-order valence-corrected chi connectivity index (χ4v) is 4.28. The molecule has 8 nitrogen and oxygen atoms in total. The van der Waals surface area contributed by atoms with E-state index in [1.165, 1.54) is 6.07 Å². The summed E-state index contributed by atoms with van der Waals surface area (Å²) in [5, 5.41) is 0. The zero-order valence-corrected chi connectivity index (χ0v) is 20.5. The minimum Gasteiger partial charge on any atom is -0.593 e. The second-order valence-electron chi connectivity index (χ2n) is 8.23. The van der Waals surface area contributed by atoms with Crippen LogP contribution in [-0.4, -0.2) is 34.0 Å². The summed E-state index contributed by atoms with van der Waals surface area (Å²) in [4.78, 5) is 19.1. The van der Waals surface area contributed by atoms with Gasteiger partial charge in [-0.15, -0.1) is 0 Å². The molecule has 3 rings (SSSR count). The number of nitrogens with zero attached hydrogens (tertiary/aromatic N) is 2. The Bertz CT molecular complexity index is 1130. The van der Waals surface area contributed by atoms with Crippen molar-refractivity contribution in [3.63, 3.8) is 0 Å². The third-order valence-corrected chi connectivity index (χ3v) is 6.64. The van der Waals surface area contributed by atoms with Crippen LogP contribution in [0.25, 0.3) is 5.70 Å². The van der Waals surface area contributed by atoms with Crippen LogP contribution in [0, 0.1) is 5.92 Å². The van der Waals surface area contributed by atoms with E-state index >= 15 is 0 Å². The van der Waals surface area contributed by atoms with Crippen molar-refractivity contribution in [1.29, 1.82) is 0 Å². The Kier molecular flexibility index (Phi) is 9.21. The maximum absolute atomic E-state index is 12.9. The summed E-state index contributed by atoms with van der Waals surface area (Å²) in [6.07, 6.45) is 0.149. The lowest BCUT2D eigenvalue weighted by Gasteiger charge is -2.18. The van der Waals surface area contributed by atoms with Crippen LogP contribution in [0.3, 0.4) is 0 Å². The molecule has 1 unspecified atom stereocenters. The zero-order chi connectivity index (χ0) is 26.3. The fourth-order valence-electron chi connectivity index (χ4n) is 3.72. The Hall–Kier alpha value is -3.25. The van der Waals surface area contributed by atoms with Gasteiger partial charge in [0.15, 0.2) is 12.1 Å². The van der Waals surface area contributed by atoms with Gasteiger partial charge in [-0.25, -0.2) is 14.7 Å². The van der Waals surface area contributed by atoms with Crippen LogP contribution in [-0.2, 0) is 22.3 Å². The molecule has 1 saturated carbocycles. The summed E-state index contributed by atoms with van der Waals surface area (Å²) in [5.41, 5.74) is 11.6. The number of hydrogen-bond acceptors (Lipinski definition) is 7. The van der Waals surface area contributed by atoms with Crippen LogP contribution in [0.5, 0.6) is 5.75 Å². The maximum Gasteiger partial charge on any atom is 0.433 e. The number of alkyl halides is 3. The highest BCUT2D eigenvalue weighted by Gasteiger charge is 2.32. The normalized spacial score (nSPS) is 16.4. The first-order valence-corrected chi connectivity index (χ1v) is 12.7. The molecule has 1 atom stereocenters. The van der Waals surface area contributed by atoms with E-state index in [4.69, 9.17) is 16.2 Å². The number of nitrogens with two attached hydrogens (primary N) is 2. The number of halogens is 3. The van der Waals surface area contributed by atoms with Crippen LogP contribution >= 0.6 is 0 Å². The van der Waals surface area contributed by atoms with Gasteiger partial charge in [-0.3, -0.25) is 4.79 Å². The summed E-state index contributed by atoms with van der Waals surface area (Å²) in [5.74, 6) is 0.495. The number of nitrogens with one attached hydrogen (secondary N) is 1. The van der Waals surface area contributed by atoms with Crippen molar-refractivity contribution in [1.82, 2.24) is 4.98 Å². The van der Waals surface area contributed by atoms with Gasteiger partial charge in [0, 0.05) is 5.56 Å². The van der Waals surface area contributed by atoms with E-state index in [0.29, 0.717) is 41.6 Å². The van der Waals surface area contributed by atoms with Crippen molar-refractivity contribution >= 4 is 40.7 Å². The molecule has 0 radical (unpaired) electrons. The molecule has 194 valence electrons. The van der Waals surface area contributed by atoms with E-state index in [9.17, 15) is 22.5 Å². The predicted octanol–water partition coefficient (Wildman–Crippen LogP) is 4.32. The average Bonchev–Trinajstić information content (AvgIpc) is 3.37. The largest absolute Gasteiger partial charge is 0.593 e. The minimum absolute atomic E-state index is 0.0490. The van der Waals surface area contributed by atoms with E-state index < -0.39 is 29.1 Å². The van der Waals surface area contributed by atoms with Gasteiger partial charge in [-0.2, -0.15) is 13.2 Å². The molecular formula is C24H28F3N5O3S. The van der Waals surface area contributed by atoms with Crippen LogP contribution in [0.1, 0.15) is 43.9 Å². The molecule has 36 heavy (non-hydrogen) atoms. The number of amidine groups is 1. The predicted molar refractivity (Wildman–Crippen MR) is 134 cm³/mol. The molecule has 0 spiro atoms. The number of ether oxygens (including phenoxy) is 1. The van der Waals surface area contributed by atoms with Crippen molar-refractivity contribution < 1.29 is 27.3 Å². The Morgan fingerprint density at radius 1 is 1.28 bits per heavy atom. The molecular weight excluding hydrogens is 495 g/mol. The average molecular weight is 524 g/mol. The molecule has 1 aromatic heterocycles. The summed E-state index contributed by atoms with van der Waals surface area (Å²) in [6, 6.07) is 7.97. The molecule has 0 bridgehead atoms. The summed E-state index contributed by atoms with van der Waals surface area (Å²) in [6.45, 7) is 2.25. The molecule has 1 aliphatic rings. The Labute approximate surface area is 210 Å². The van der Waals surface area contributed by atoms with Crippen LogP contribution < -0.4 is 20.9 Å². The highest BCUT2D eigenvalue weighted by Crippen LogP contribution is 2.32. The van der Waals surface area contributed by atoms with Crippen LogP contribution in [0.2, 0.25) is 0 Å². The number of hydrogen-bond donors (Lipinski definition) is 3. The van der Waals surface area contributed by atoms with Crippen molar-refractivity contribution in [3.05, 3.63) is 53.2 Å². The third kappa shape index (κ3) is 7.14. The van der Waals surface area contributed by atoms with Gasteiger partial charge in [0.05, 0.1) is 29.2 Å². The smallest absolute Gasteiger partial charge is 0.433 e. The third-order valence-electron chi connectivity index (χ3n) is 5.67. The number of aromatic nitrogens is 1. The van der Waals surface area contributed by atoms with E-state index in [0.717, 1.165) is 37.8 Å². The van der Waals surface area contributed by atoms with Crippen LogP contribution in [0.4, 0.5) is 24.7 Å². The minimum atomic E-state index is -4.66. The number of carbonyl (C=O) groups is 1. The van der Waals surface area contributed by atoms with Gasteiger partial charge >= 0.3 is 6.18 Å². The Morgan fingerprint density at radius 2 is 2.00 bits per heavy atom. The molecule has 1 heterocycles. The number of carbonyl (C=O) groups excluding carboxylic acids is 1. The fraction of sp³-hybridized carbons (Fsp3) is 0.375. The molecule has 0 amide bonds. The highest BCUT2D eigenvalue weighted by molar-refractivity contribution is 7.92. The second kappa shape index (κ2) is 12.1. The molecule has 0 saturated heterocycles. The first kappa shape index (κ1) is 27.3. The van der Waals surface area contributed by atoms with Gasteiger partial charge in [0.2, 0.25) is 0 Å². The quantitative estimate of drug-likeness (QED) is 0.139. The summed E-state index contributed by atoms with van der Waals surface area (Å²) < 4.78 is 59.8. The van der Waals surface area contributed by atoms with Gasteiger partial charge < -0.3 is 20.8 Å². The van der Waals surface area contributed by atoms with Gasteiger partial charge in [0.1, 0.15) is 28.7 Å². The lowest BCUT2D eigenvalue weighted by Crippen LogP contribution is -2.20. The Morgan fingerprint density at radius 3 is 2.64 bits per heavy atom. The lowest BCUT2D eigenvalue weighted by molar-refractivity contribution is -0.141. The van der Waals surface area contributed by atoms with Crippen molar-refractivity contribution in [2.24, 2.45) is 22.4 Å². The number of anilines is 1. The van der Waals surface area contributed by atoms with Gasteiger partial charge in [-0.05, 0) is 49.9 Å². The molecule has 0 aliphatic heterocycles. The SMILES string of the molecule is CC[S+]([O-])Nc1ccc(C(N)=C(C=O)C(N)=Nc2cccc(C(F)(F)F)n2)cc1OCC1CCCC1. The molecule has 2 aromatic rings. The highest BCUT2D eigenvalue weighted by atomic mass is 32.2. The second-order valence-corrected chi connectivity index (χ2v) is 9.70. The number of pyridine rings is 1. The van der Waals surface area contributed by atoms with E-state index in [-0.39, 0.29) is 17.1 Å².